The number of pyridine rings is 1. The minimum atomic E-state index is -0.187. The smallest absolute Gasteiger partial charge is 0.270 e. The molecule has 17 heavy (non-hydrogen) atoms. The molecular weight excluding hydrogens is 214 g/mol. The highest BCUT2D eigenvalue weighted by Crippen LogP contribution is 2.06. The number of carbonyl (C=O) groups is 1. The number of rotatable bonds is 3. The molecule has 1 heterocycles. The van der Waals surface area contributed by atoms with Crippen molar-refractivity contribution in [3.05, 3.63) is 59.9 Å². The van der Waals surface area contributed by atoms with Crippen LogP contribution in [0.5, 0.6) is 0 Å². The Labute approximate surface area is 99.5 Å². The molecular formula is C13H13N3O. The van der Waals surface area contributed by atoms with Crippen molar-refractivity contribution in [2.24, 2.45) is 0 Å². The summed E-state index contributed by atoms with van der Waals surface area (Å²) in [6.45, 7) is 0.445. The van der Waals surface area contributed by atoms with Crippen LogP contribution in [0.1, 0.15) is 16.1 Å². The minimum Gasteiger partial charge on any atom is -0.399 e. The zero-order chi connectivity index (χ0) is 12.1. The van der Waals surface area contributed by atoms with Gasteiger partial charge in [0.15, 0.2) is 0 Å². The Morgan fingerprint density at radius 3 is 2.82 bits per heavy atom. The summed E-state index contributed by atoms with van der Waals surface area (Å²) < 4.78 is 0. The van der Waals surface area contributed by atoms with Gasteiger partial charge in [0.05, 0.1) is 0 Å². The van der Waals surface area contributed by atoms with Crippen LogP contribution in [0.15, 0.2) is 48.7 Å². The van der Waals surface area contributed by atoms with Crippen LogP contribution in [0.4, 0.5) is 5.69 Å². The van der Waals surface area contributed by atoms with Crippen molar-refractivity contribution in [2.75, 3.05) is 5.73 Å². The molecule has 0 saturated heterocycles. The first kappa shape index (κ1) is 11.1. The molecule has 0 fully saturated rings. The molecule has 0 aliphatic heterocycles. The summed E-state index contributed by atoms with van der Waals surface area (Å²) in [5, 5.41) is 2.79. The number of nitrogen functional groups attached to an aromatic ring is 1. The number of hydrogen-bond donors (Lipinski definition) is 2. The van der Waals surface area contributed by atoms with Gasteiger partial charge in [0, 0.05) is 18.4 Å². The summed E-state index contributed by atoms with van der Waals surface area (Å²) in [6.07, 6.45) is 1.59. The maximum absolute atomic E-state index is 11.7. The fraction of sp³-hybridized carbons (Fsp3) is 0.0769. The predicted molar refractivity (Wildman–Crippen MR) is 66.3 cm³/mol. The molecule has 2 aromatic rings. The maximum Gasteiger partial charge on any atom is 0.270 e. The normalized spacial score (nSPS) is 9.88. The lowest BCUT2D eigenvalue weighted by molar-refractivity contribution is 0.0946. The third-order valence-electron chi connectivity index (χ3n) is 2.30. The average molecular weight is 227 g/mol. The summed E-state index contributed by atoms with van der Waals surface area (Å²) in [6, 6.07) is 12.6. The fourth-order valence-electron chi connectivity index (χ4n) is 1.47. The van der Waals surface area contributed by atoms with Gasteiger partial charge in [-0.2, -0.15) is 0 Å². The average Bonchev–Trinajstić information content (AvgIpc) is 2.37. The van der Waals surface area contributed by atoms with Crippen molar-refractivity contribution in [2.45, 2.75) is 6.54 Å². The van der Waals surface area contributed by atoms with Crippen LogP contribution in [-0.4, -0.2) is 10.9 Å². The highest BCUT2D eigenvalue weighted by Gasteiger charge is 2.05. The lowest BCUT2D eigenvalue weighted by Gasteiger charge is -2.05. The van der Waals surface area contributed by atoms with Gasteiger partial charge >= 0.3 is 0 Å². The Morgan fingerprint density at radius 2 is 2.12 bits per heavy atom. The zero-order valence-corrected chi connectivity index (χ0v) is 9.26. The molecule has 1 aromatic heterocycles. The largest absolute Gasteiger partial charge is 0.399 e. The number of nitrogens with two attached hydrogens (primary N) is 1. The van der Waals surface area contributed by atoms with E-state index in [9.17, 15) is 4.79 Å². The molecule has 0 unspecified atom stereocenters. The van der Waals surface area contributed by atoms with Crippen LogP contribution in [0, 0.1) is 0 Å². The molecule has 0 aliphatic carbocycles. The Balaban J connectivity index is 1.97. The van der Waals surface area contributed by atoms with E-state index < -0.39 is 0 Å². The van der Waals surface area contributed by atoms with E-state index >= 15 is 0 Å². The van der Waals surface area contributed by atoms with E-state index in [2.05, 4.69) is 10.3 Å². The summed E-state index contributed by atoms with van der Waals surface area (Å²) in [7, 11) is 0. The molecule has 4 nitrogen and oxygen atoms in total. The fourth-order valence-corrected chi connectivity index (χ4v) is 1.47. The first-order chi connectivity index (χ1) is 8.25. The molecule has 1 amide bonds. The molecule has 0 radical (unpaired) electrons. The van der Waals surface area contributed by atoms with Gasteiger partial charge in [-0.25, -0.2) is 0 Å². The maximum atomic E-state index is 11.7. The standard InChI is InChI=1S/C13H13N3O/c14-11-5-3-4-10(8-11)9-16-13(17)12-6-1-2-7-15-12/h1-8H,9,14H2,(H,16,17). The van der Waals surface area contributed by atoms with Gasteiger partial charge in [-0.1, -0.05) is 18.2 Å². The molecule has 4 heteroatoms. The monoisotopic (exact) mass is 227 g/mol. The number of hydrogen-bond acceptors (Lipinski definition) is 3. The van der Waals surface area contributed by atoms with Crippen LogP contribution < -0.4 is 11.1 Å². The number of aromatic nitrogens is 1. The van der Waals surface area contributed by atoms with E-state index in [-0.39, 0.29) is 5.91 Å². The molecule has 2 rings (SSSR count). The van der Waals surface area contributed by atoms with E-state index in [1.807, 2.05) is 24.3 Å². The van der Waals surface area contributed by atoms with Gasteiger partial charge in [-0.3, -0.25) is 9.78 Å². The minimum absolute atomic E-state index is 0.187. The molecule has 0 atom stereocenters. The summed E-state index contributed by atoms with van der Waals surface area (Å²) in [4.78, 5) is 15.7. The van der Waals surface area contributed by atoms with E-state index in [1.54, 1.807) is 24.4 Å². The molecule has 86 valence electrons. The summed E-state index contributed by atoms with van der Waals surface area (Å²) in [5.74, 6) is -0.187. The molecule has 0 aliphatic rings. The van der Waals surface area contributed by atoms with Crippen molar-refractivity contribution in [3.63, 3.8) is 0 Å². The van der Waals surface area contributed by atoms with Crippen molar-refractivity contribution in [1.29, 1.82) is 0 Å². The number of benzene rings is 1. The number of amides is 1. The van der Waals surface area contributed by atoms with Gasteiger partial charge in [0.1, 0.15) is 5.69 Å². The lowest BCUT2D eigenvalue weighted by atomic mass is 10.2. The summed E-state index contributed by atoms with van der Waals surface area (Å²) >= 11 is 0. The van der Waals surface area contributed by atoms with Gasteiger partial charge < -0.3 is 11.1 Å². The molecule has 3 N–H and O–H groups in total. The topological polar surface area (TPSA) is 68.0 Å². The van der Waals surface area contributed by atoms with Crippen LogP contribution in [0.25, 0.3) is 0 Å². The van der Waals surface area contributed by atoms with Gasteiger partial charge in [0.2, 0.25) is 0 Å². The second kappa shape index (κ2) is 5.12. The van der Waals surface area contributed by atoms with Crippen molar-refractivity contribution >= 4 is 11.6 Å². The quantitative estimate of drug-likeness (QED) is 0.782. The van der Waals surface area contributed by atoms with Gasteiger partial charge in [-0.05, 0) is 29.8 Å². The number of anilines is 1. The Kier molecular flexibility index (Phi) is 3.35. The number of nitrogens with zero attached hydrogens (tertiary/aromatic N) is 1. The highest BCUT2D eigenvalue weighted by molar-refractivity contribution is 5.92. The third-order valence-corrected chi connectivity index (χ3v) is 2.30. The summed E-state index contributed by atoms with van der Waals surface area (Å²) in [5.41, 5.74) is 7.72. The van der Waals surface area contributed by atoms with Crippen LogP contribution in [-0.2, 0) is 6.54 Å². The van der Waals surface area contributed by atoms with Crippen molar-refractivity contribution in [3.8, 4) is 0 Å². The van der Waals surface area contributed by atoms with E-state index in [0.29, 0.717) is 17.9 Å². The number of nitrogens with one attached hydrogen (secondary N) is 1. The third kappa shape index (κ3) is 3.04. The van der Waals surface area contributed by atoms with Crippen LogP contribution >= 0.6 is 0 Å². The highest BCUT2D eigenvalue weighted by atomic mass is 16.1. The Hall–Kier alpha value is -2.36. The Bertz CT molecular complexity index is 511. The van der Waals surface area contributed by atoms with Gasteiger partial charge in [-0.15, -0.1) is 0 Å². The second-order valence-corrected chi connectivity index (χ2v) is 3.64. The Morgan fingerprint density at radius 1 is 1.24 bits per heavy atom. The lowest BCUT2D eigenvalue weighted by Crippen LogP contribution is -2.23. The van der Waals surface area contributed by atoms with Crippen LogP contribution in [0.2, 0.25) is 0 Å². The predicted octanol–water partition coefficient (Wildman–Crippen LogP) is 1.59. The molecule has 0 spiro atoms. The first-order valence-corrected chi connectivity index (χ1v) is 5.29. The van der Waals surface area contributed by atoms with E-state index in [4.69, 9.17) is 5.73 Å². The van der Waals surface area contributed by atoms with Crippen molar-refractivity contribution in [1.82, 2.24) is 10.3 Å². The van der Waals surface area contributed by atoms with Gasteiger partial charge in [0.25, 0.3) is 5.91 Å². The molecule has 0 bridgehead atoms. The molecule has 1 aromatic carbocycles. The first-order valence-electron chi connectivity index (χ1n) is 5.29. The van der Waals surface area contributed by atoms with Crippen LogP contribution in [0.3, 0.4) is 0 Å². The molecule has 0 saturated carbocycles. The SMILES string of the molecule is Nc1cccc(CNC(=O)c2ccccn2)c1. The van der Waals surface area contributed by atoms with Crippen molar-refractivity contribution < 1.29 is 4.79 Å². The zero-order valence-electron chi connectivity index (χ0n) is 9.26. The van der Waals surface area contributed by atoms with E-state index in [0.717, 1.165) is 5.56 Å². The van der Waals surface area contributed by atoms with E-state index in [1.165, 1.54) is 0 Å². The second-order valence-electron chi connectivity index (χ2n) is 3.64. The number of carbonyl (C=O) groups excluding carboxylic acids is 1.